The Bertz CT molecular complexity index is 573. The van der Waals surface area contributed by atoms with E-state index in [4.69, 9.17) is 0 Å². The van der Waals surface area contributed by atoms with Gasteiger partial charge in [0.2, 0.25) is 10.0 Å². The molecule has 0 spiro atoms. The molecule has 0 radical (unpaired) electrons. The number of nitrogens with zero attached hydrogens (tertiary/aromatic N) is 4. The Morgan fingerprint density at radius 2 is 2.00 bits per heavy atom. The van der Waals surface area contributed by atoms with E-state index in [1.54, 1.807) is 15.2 Å². The molecule has 3 rings (SSSR count). The summed E-state index contributed by atoms with van der Waals surface area (Å²) < 4.78 is 28.5. The van der Waals surface area contributed by atoms with Crippen molar-refractivity contribution in [1.29, 1.82) is 0 Å². The van der Waals surface area contributed by atoms with Gasteiger partial charge in [-0.1, -0.05) is 0 Å². The monoisotopic (exact) mass is 313 g/mol. The number of likely N-dealkylation sites (N-methyl/N-ethyl adjacent to an activating group) is 1. The first-order valence-corrected chi connectivity index (χ1v) is 8.96. The van der Waals surface area contributed by atoms with Crippen LogP contribution in [0.25, 0.3) is 0 Å². The van der Waals surface area contributed by atoms with E-state index < -0.39 is 10.0 Å². The summed E-state index contributed by atoms with van der Waals surface area (Å²) in [5.74, 6) is 0. The van der Waals surface area contributed by atoms with Crippen molar-refractivity contribution in [2.75, 3.05) is 39.8 Å². The molecule has 1 saturated carbocycles. The summed E-state index contributed by atoms with van der Waals surface area (Å²) in [5, 5.41) is 7.15. The second kappa shape index (κ2) is 6.04. The molecule has 0 unspecified atom stereocenters. The standard InChI is InChI=1S/C13H23N5O2S/c1-14-4-5-17-11-13(10-15-17)21(19,20)18-8-6-16(7-9-18)12-2-3-12/h10-12,14H,2-9H2,1H3. The SMILES string of the molecule is CNCCn1cc(S(=O)(=O)N2CCN(C3CC3)CC2)cn1. The minimum absolute atomic E-state index is 0.304. The highest BCUT2D eigenvalue weighted by Gasteiger charge is 2.35. The molecule has 2 heterocycles. The van der Waals surface area contributed by atoms with Gasteiger partial charge in [0.25, 0.3) is 0 Å². The van der Waals surface area contributed by atoms with Gasteiger partial charge in [0.15, 0.2) is 0 Å². The Kier molecular flexibility index (Phi) is 4.30. The fourth-order valence-corrected chi connectivity index (χ4v) is 4.10. The number of rotatable bonds is 6. The van der Waals surface area contributed by atoms with Crippen molar-refractivity contribution < 1.29 is 8.42 Å². The molecule has 0 aromatic carbocycles. The van der Waals surface area contributed by atoms with E-state index in [-0.39, 0.29) is 0 Å². The molecule has 1 aromatic rings. The van der Waals surface area contributed by atoms with Gasteiger partial charge in [0.05, 0.1) is 12.7 Å². The molecule has 0 bridgehead atoms. The third-order valence-electron chi connectivity index (χ3n) is 4.17. The van der Waals surface area contributed by atoms with E-state index in [0.29, 0.717) is 30.6 Å². The quantitative estimate of drug-likeness (QED) is 0.772. The van der Waals surface area contributed by atoms with Crippen molar-refractivity contribution in [3.05, 3.63) is 12.4 Å². The van der Waals surface area contributed by atoms with Crippen LogP contribution in [0.4, 0.5) is 0 Å². The molecule has 21 heavy (non-hydrogen) atoms. The predicted octanol–water partition coefficient (Wildman–Crippen LogP) is -0.429. The molecule has 1 aliphatic heterocycles. The summed E-state index contributed by atoms with van der Waals surface area (Å²) in [5.41, 5.74) is 0. The van der Waals surface area contributed by atoms with Crippen LogP contribution >= 0.6 is 0 Å². The second-order valence-corrected chi connectivity index (χ2v) is 7.65. The Morgan fingerprint density at radius 1 is 1.29 bits per heavy atom. The molecule has 0 atom stereocenters. The minimum Gasteiger partial charge on any atom is -0.318 e. The summed E-state index contributed by atoms with van der Waals surface area (Å²) in [6, 6.07) is 0.708. The fraction of sp³-hybridized carbons (Fsp3) is 0.769. The van der Waals surface area contributed by atoms with Gasteiger partial charge in [-0.2, -0.15) is 9.40 Å². The average Bonchev–Trinajstić information content (AvgIpc) is 3.23. The summed E-state index contributed by atoms with van der Waals surface area (Å²) in [7, 11) is -1.53. The third-order valence-corrected chi connectivity index (χ3v) is 6.03. The van der Waals surface area contributed by atoms with Gasteiger partial charge in [-0.05, 0) is 19.9 Å². The van der Waals surface area contributed by atoms with Gasteiger partial charge in [-0.25, -0.2) is 8.42 Å². The van der Waals surface area contributed by atoms with Crippen LogP contribution in [0, 0.1) is 0 Å². The maximum atomic E-state index is 12.6. The van der Waals surface area contributed by atoms with Crippen LogP contribution in [-0.2, 0) is 16.6 Å². The first-order valence-electron chi connectivity index (χ1n) is 7.52. The third kappa shape index (κ3) is 3.28. The van der Waals surface area contributed by atoms with E-state index >= 15 is 0 Å². The van der Waals surface area contributed by atoms with E-state index in [2.05, 4.69) is 15.3 Å². The highest BCUT2D eigenvalue weighted by Crippen LogP contribution is 2.28. The first-order chi connectivity index (χ1) is 10.1. The van der Waals surface area contributed by atoms with Gasteiger partial charge < -0.3 is 5.32 Å². The molecule has 8 heteroatoms. The fourth-order valence-electron chi connectivity index (χ4n) is 2.72. The zero-order chi connectivity index (χ0) is 14.9. The Morgan fingerprint density at radius 3 is 2.62 bits per heavy atom. The largest absolute Gasteiger partial charge is 0.318 e. The Hall–Kier alpha value is -0.960. The lowest BCUT2D eigenvalue weighted by molar-refractivity contribution is 0.180. The smallest absolute Gasteiger partial charge is 0.246 e. The summed E-state index contributed by atoms with van der Waals surface area (Å²) >= 11 is 0. The first kappa shape index (κ1) is 15.0. The lowest BCUT2D eigenvalue weighted by Gasteiger charge is -2.33. The zero-order valence-electron chi connectivity index (χ0n) is 12.4. The number of piperazine rings is 1. The lowest BCUT2D eigenvalue weighted by atomic mass is 10.3. The van der Waals surface area contributed by atoms with Gasteiger partial charge in [-0.3, -0.25) is 9.58 Å². The molecule has 0 amide bonds. The Labute approximate surface area is 126 Å². The number of hydrogen-bond donors (Lipinski definition) is 1. The lowest BCUT2D eigenvalue weighted by Crippen LogP contribution is -2.49. The number of nitrogens with one attached hydrogen (secondary N) is 1. The van der Waals surface area contributed by atoms with E-state index in [0.717, 1.165) is 19.6 Å². The van der Waals surface area contributed by atoms with Crippen LogP contribution < -0.4 is 5.32 Å². The number of sulfonamides is 1. The van der Waals surface area contributed by atoms with Crippen molar-refractivity contribution >= 4 is 10.0 Å². The van der Waals surface area contributed by atoms with Crippen LogP contribution in [0.1, 0.15) is 12.8 Å². The topological polar surface area (TPSA) is 70.5 Å². The molecule has 1 aliphatic carbocycles. The van der Waals surface area contributed by atoms with Crippen LogP contribution in [0.3, 0.4) is 0 Å². The van der Waals surface area contributed by atoms with Crippen molar-refractivity contribution in [1.82, 2.24) is 24.3 Å². The highest BCUT2D eigenvalue weighted by atomic mass is 32.2. The minimum atomic E-state index is -3.39. The van der Waals surface area contributed by atoms with Gasteiger partial charge >= 0.3 is 0 Å². The molecule has 2 fully saturated rings. The van der Waals surface area contributed by atoms with E-state index in [1.165, 1.54) is 19.0 Å². The van der Waals surface area contributed by atoms with E-state index in [9.17, 15) is 8.42 Å². The van der Waals surface area contributed by atoms with Crippen molar-refractivity contribution in [3.8, 4) is 0 Å². The predicted molar refractivity (Wildman–Crippen MR) is 79.5 cm³/mol. The molecule has 118 valence electrons. The molecule has 1 N–H and O–H groups in total. The molecule has 2 aliphatic rings. The highest BCUT2D eigenvalue weighted by molar-refractivity contribution is 7.89. The number of aromatic nitrogens is 2. The maximum Gasteiger partial charge on any atom is 0.246 e. The molecular formula is C13H23N5O2S. The summed E-state index contributed by atoms with van der Waals surface area (Å²) in [6.07, 6.45) is 5.62. The molecular weight excluding hydrogens is 290 g/mol. The van der Waals surface area contributed by atoms with E-state index in [1.807, 2.05) is 7.05 Å². The Balaban J connectivity index is 1.64. The van der Waals surface area contributed by atoms with Gasteiger partial charge in [0, 0.05) is 45.0 Å². The van der Waals surface area contributed by atoms with Crippen LogP contribution in [0.5, 0.6) is 0 Å². The second-order valence-electron chi connectivity index (χ2n) is 5.71. The van der Waals surface area contributed by atoms with Crippen LogP contribution in [-0.4, -0.2) is 73.2 Å². The molecule has 7 nitrogen and oxygen atoms in total. The van der Waals surface area contributed by atoms with Gasteiger partial charge in [-0.15, -0.1) is 0 Å². The number of hydrogen-bond acceptors (Lipinski definition) is 5. The molecule has 1 saturated heterocycles. The van der Waals surface area contributed by atoms with Crippen LogP contribution in [0.15, 0.2) is 17.3 Å². The summed E-state index contributed by atoms with van der Waals surface area (Å²) in [6.45, 7) is 4.29. The van der Waals surface area contributed by atoms with Crippen molar-refractivity contribution in [3.63, 3.8) is 0 Å². The summed E-state index contributed by atoms with van der Waals surface area (Å²) in [4.78, 5) is 2.71. The normalized spacial score (nSPS) is 21.8. The van der Waals surface area contributed by atoms with Gasteiger partial charge in [0.1, 0.15) is 4.90 Å². The zero-order valence-corrected chi connectivity index (χ0v) is 13.2. The maximum absolute atomic E-state index is 12.6. The molecule has 1 aromatic heterocycles. The van der Waals surface area contributed by atoms with Crippen molar-refractivity contribution in [2.24, 2.45) is 0 Å². The average molecular weight is 313 g/mol. The van der Waals surface area contributed by atoms with Crippen LogP contribution in [0.2, 0.25) is 0 Å². The van der Waals surface area contributed by atoms with Crippen molar-refractivity contribution in [2.45, 2.75) is 30.3 Å².